The molecule has 0 radical (unpaired) electrons. The molecule has 5 rings (SSSR count). The van der Waals surface area contributed by atoms with Crippen LogP contribution in [0.4, 0.5) is 0 Å². The average Bonchev–Trinajstić information content (AvgIpc) is 3.42. The van der Waals surface area contributed by atoms with E-state index in [0.717, 1.165) is 42.4 Å². The predicted molar refractivity (Wildman–Crippen MR) is 121 cm³/mol. The van der Waals surface area contributed by atoms with Gasteiger partial charge in [-0.15, -0.1) is 0 Å². The number of benzene rings is 1. The number of hydrogen-bond donors (Lipinski definition) is 1. The summed E-state index contributed by atoms with van der Waals surface area (Å²) in [5.41, 5.74) is 8.01. The molecule has 1 saturated carbocycles. The number of nitriles is 1. The lowest BCUT2D eigenvalue weighted by molar-refractivity contribution is 0.278. The molecule has 3 heterocycles. The smallest absolute Gasteiger partial charge is 0.269 e. The summed E-state index contributed by atoms with van der Waals surface area (Å²) in [4.78, 5) is 9.38. The summed E-state index contributed by atoms with van der Waals surface area (Å²) in [7, 11) is -3.77. The molecule has 1 aliphatic rings. The summed E-state index contributed by atoms with van der Waals surface area (Å²) >= 11 is 0. The standard InChI is InChI=1S/C23H24N6O2S/c24-12-10-16-6-8-17(9-7-16)29-21(14-25)27-20-15-26-23-19(22(20)29)11-13-28(23)32(30,31)18-4-2-1-3-5-18/h1-5,11,13,15-17H,6-10,14,25H2. The first-order chi connectivity index (χ1) is 15.5. The fourth-order valence-corrected chi connectivity index (χ4v) is 6.19. The fraction of sp³-hybridized carbons (Fsp3) is 0.348. The maximum atomic E-state index is 13.2. The quantitative estimate of drug-likeness (QED) is 0.497. The van der Waals surface area contributed by atoms with Crippen molar-refractivity contribution in [2.24, 2.45) is 11.7 Å². The van der Waals surface area contributed by atoms with Crippen molar-refractivity contribution >= 4 is 32.1 Å². The van der Waals surface area contributed by atoms with Crippen LogP contribution < -0.4 is 5.73 Å². The van der Waals surface area contributed by atoms with Gasteiger partial charge >= 0.3 is 0 Å². The third kappa shape index (κ3) is 3.27. The van der Waals surface area contributed by atoms with Crippen LogP contribution in [0.3, 0.4) is 0 Å². The van der Waals surface area contributed by atoms with Crippen LogP contribution in [0.15, 0.2) is 53.7 Å². The van der Waals surface area contributed by atoms with Crippen LogP contribution in [0.25, 0.3) is 22.1 Å². The Bertz CT molecular complexity index is 1420. The van der Waals surface area contributed by atoms with Crippen molar-refractivity contribution in [2.75, 3.05) is 0 Å². The maximum Gasteiger partial charge on any atom is 0.269 e. The molecule has 1 aliphatic carbocycles. The number of imidazole rings is 1. The molecule has 0 spiro atoms. The van der Waals surface area contributed by atoms with Crippen molar-refractivity contribution in [3.05, 3.63) is 54.6 Å². The predicted octanol–water partition coefficient (Wildman–Crippen LogP) is 3.73. The second kappa shape index (κ2) is 8.04. The first kappa shape index (κ1) is 20.7. The summed E-state index contributed by atoms with van der Waals surface area (Å²) in [6.45, 7) is 0.289. The zero-order valence-corrected chi connectivity index (χ0v) is 18.4. The minimum absolute atomic E-state index is 0.214. The Kier molecular flexibility index (Phi) is 5.19. The molecule has 0 aliphatic heterocycles. The number of fused-ring (bicyclic) bond motifs is 3. The van der Waals surface area contributed by atoms with E-state index in [2.05, 4.69) is 15.6 Å². The van der Waals surface area contributed by atoms with Crippen LogP contribution in [-0.4, -0.2) is 26.9 Å². The molecule has 32 heavy (non-hydrogen) atoms. The Hall–Kier alpha value is -3.22. The molecule has 0 saturated heterocycles. The molecule has 9 heteroatoms. The van der Waals surface area contributed by atoms with Crippen molar-refractivity contribution < 1.29 is 8.42 Å². The Balaban J connectivity index is 1.65. The van der Waals surface area contributed by atoms with E-state index >= 15 is 0 Å². The number of nitrogens with two attached hydrogens (primary N) is 1. The summed E-state index contributed by atoms with van der Waals surface area (Å²) in [6.07, 6.45) is 7.64. The van der Waals surface area contributed by atoms with E-state index in [0.29, 0.717) is 23.5 Å². The van der Waals surface area contributed by atoms with E-state index in [1.807, 2.05) is 0 Å². The SMILES string of the molecule is N#CCC1CCC(n2c(CN)nc3cnc4c(ccn4S(=O)(=O)c4ccccc4)c32)CC1. The van der Waals surface area contributed by atoms with Gasteiger partial charge < -0.3 is 10.3 Å². The van der Waals surface area contributed by atoms with Gasteiger partial charge in [0.05, 0.1) is 29.2 Å². The number of rotatable bonds is 5. The molecule has 164 valence electrons. The number of nitrogens with zero attached hydrogens (tertiary/aromatic N) is 5. The van der Waals surface area contributed by atoms with Crippen molar-refractivity contribution in [1.82, 2.24) is 18.5 Å². The lowest BCUT2D eigenvalue weighted by atomic mass is 9.84. The van der Waals surface area contributed by atoms with E-state index in [1.165, 1.54) is 3.97 Å². The molecule has 8 nitrogen and oxygen atoms in total. The summed E-state index contributed by atoms with van der Waals surface area (Å²) < 4.78 is 29.9. The Morgan fingerprint density at radius 2 is 1.88 bits per heavy atom. The molecule has 4 aromatic rings. The van der Waals surface area contributed by atoms with Crippen LogP contribution in [0, 0.1) is 17.2 Å². The van der Waals surface area contributed by atoms with E-state index in [1.54, 1.807) is 48.8 Å². The first-order valence-corrected chi connectivity index (χ1v) is 12.2. The fourth-order valence-electron chi connectivity index (χ4n) is 4.87. The van der Waals surface area contributed by atoms with Gasteiger partial charge in [-0.3, -0.25) is 0 Å². The van der Waals surface area contributed by atoms with E-state index in [9.17, 15) is 8.42 Å². The van der Waals surface area contributed by atoms with Gasteiger partial charge in [0, 0.05) is 24.0 Å². The lowest BCUT2D eigenvalue weighted by Crippen LogP contribution is -2.21. The molecule has 1 aromatic carbocycles. The highest BCUT2D eigenvalue weighted by atomic mass is 32.2. The average molecular weight is 449 g/mol. The third-order valence-electron chi connectivity index (χ3n) is 6.45. The topological polar surface area (TPSA) is 120 Å². The zero-order valence-electron chi connectivity index (χ0n) is 17.6. The number of pyridine rings is 1. The van der Waals surface area contributed by atoms with Gasteiger partial charge in [0.25, 0.3) is 10.0 Å². The lowest BCUT2D eigenvalue weighted by Gasteiger charge is -2.29. The van der Waals surface area contributed by atoms with Crippen LogP contribution in [0.2, 0.25) is 0 Å². The van der Waals surface area contributed by atoms with Crippen molar-refractivity contribution in [3.8, 4) is 6.07 Å². The van der Waals surface area contributed by atoms with E-state index in [-0.39, 0.29) is 17.5 Å². The number of hydrogen-bond acceptors (Lipinski definition) is 6. The molecule has 0 amide bonds. The van der Waals surface area contributed by atoms with Gasteiger partial charge in [-0.25, -0.2) is 22.4 Å². The molecule has 2 N–H and O–H groups in total. The highest BCUT2D eigenvalue weighted by molar-refractivity contribution is 7.90. The maximum absolute atomic E-state index is 13.2. The minimum Gasteiger partial charge on any atom is -0.324 e. The van der Waals surface area contributed by atoms with Crippen LogP contribution in [0.1, 0.15) is 44.0 Å². The van der Waals surface area contributed by atoms with Gasteiger partial charge in [-0.05, 0) is 49.8 Å². The van der Waals surface area contributed by atoms with Crippen LogP contribution in [0.5, 0.6) is 0 Å². The van der Waals surface area contributed by atoms with E-state index < -0.39 is 10.0 Å². The van der Waals surface area contributed by atoms with Gasteiger partial charge in [0.15, 0.2) is 5.65 Å². The Labute approximate surface area is 186 Å². The van der Waals surface area contributed by atoms with Gasteiger partial charge in [-0.2, -0.15) is 5.26 Å². The largest absolute Gasteiger partial charge is 0.324 e. The van der Waals surface area contributed by atoms with Crippen molar-refractivity contribution in [3.63, 3.8) is 0 Å². The van der Waals surface area contributed by atoms with Crippen LogP contribution >= 0.6 is 0 Å². The first-order valence-electron chi connectivity index (χ1n) is 10.8. The van der Waals surface area contributed by atoms with Crippen LogP contribution in [-0.2, 0) is 16.6 Å². The summed E-state index contributed by atoms with van der Waals surface area (Å²) in [5, 5.41) is 9.76. The number of aromatic nitrogens is 4. The molecule has 0 unspecified atom stereocenters. The molecule has 0 atom stereocenters. The Morgan fingerprint density at radius 3 is 2.56 bits per heavy atom. The Morgan fingerprint density at radius 1 is 1.12 bits per heavy atom. The zero-order chi connectivity index (χ0) is 22.3. The van der Waals surface area contributed by atoms with Gasteiger partial charge in [0.1, 0.15) is 11.3 Å². The third-order valence-corrected chi connectivity index (χ3v) is 8.13. The second-order valence-corrected chi connectivity index (χ2v) is 10.1. The summed E-state index contributed by atoms with van der Waals surface area (Å²) in [5.74, 6) is 1.21. The molecule has 1 fully saturated rings. The highest BCUT2D eigenvalue weighted by Gasteiger charge is 2.28. The minimum atomic E-state index is -3.77. The molecule has 0 bridgehead atoms. The normalized spacial score (nSPS) is 19.4. The van der Waals surface area contributed by atoms with Crippen molar-refractivity contribution in [2.45, 2.75) is 49.6 Å². The molecular formula is C23H24N6O2S. The van der Waals surface area contributed by atoms with Gasteiger partial charge in [0.2, 0.25) is 0 Å². The van der Waals surface area contributed by atoms with E-state index in [4.69, 9.17) is 16.0 Å². The van der Waals surface area contributed by atoms with Gasteiger partial charge in [-0.1, -0.05) is 18.2 Å². The summed E-state index contributed by atoms with van der Waals surface area (Å²) in [6, 6.07) is 12.7. The molecule has 3 aromatic heterocycles. The highest BCUT2D eigenvalue weighted by Crippen LogP contribution is 2.38. The second-order valence-electron chi connectivity index (χ2n) is 8.30. The molecular weight excluding hydrogens is 424 g/mol. The monoisotopic (exact) mass is 448 g/mol. The van der Waals surface area contributed by atoms with Crippen molar-refractivity contribution in [1.29, 1.82) is 5.26 Å².